The molecule has 0 bridgehead atoms. The van der Waals surface area contributed by atoms with Crippen molar-refractivity contribution in [2.45, 2.75) is 238 Å². The first-order valence-electron chi connectivity index (χ1n) is 28.8. The number of phosphoric ester groups is 1. The number of rotatable bonds is 52. The zero-order valence-electron chi connectivity index (χ0n) is 46.5. The smallest absolute Gasteiger partial charge is 0.461 e. The molecule has 422 valence electrons. The summed E-state index contributed by atoms with van der Waals surface area (Å²) in [6, 6.07) is 0. The Morgan fingerprint density at radius 1 is 0.405 bits per heavy atom. The summed E-state index contributed by atoms with van der Waals surface area (Å²) in [5, 5.41) is 9.80. The van der Waals surface area contributed by atoms with Crippen LogP contribution in [-0.2, 0) is 42.2 Å². The largest absolute Gasteiger partial charge is 0.472 e. The fourth-order valence-corrected chi connectivity index (χ4v) is 8.16. The van der Waals surface area contributed by atoms with Gasteiger partial charge in [0.1, 0.15) is 12.7 Å². The number of hydrogen-bond donors (Lipinski definition) is 2. The molecular formula is C62H103O11P. The Labute approximate surface area is 450 Å². The fraction of sp³-hybridized carbons (Fsp3) is 0.661. The number of carbonyl (C=O) groups is 3. The van der Waals surface area contributed by atoms with Gasteiger partial charge in [0, 0.05) is 12.8 Å². The molecule has 0 aliphatic heterocycles. The summed E-state index contributed by atoms with van der Waals surface area (Å²) < 4.78 is 39.3. The number of carbonyl (C=O) groups excluding carboxylic acids is 3. The van der Waals surface area contributed by atoms with Crippen LogP contribution in [-0.4, -0.2) is 66.5 Å². The molecule has 0 aromatic carbocycles. The van der Waals surface area contributed by atoms with Crippen molar-refractivity contribution < 1.29 is 52.2 Å². The van der Waals surface area contributed by atoms with Crippen LogP contribution in [0.4, 0.5) is 0 Å². The average Bonchev–Trinajstić information content (AvgIpc) is 3.39. The summed E-state index contributed by atoms with van der Waals surface area (Å²) >= 11 is 0. The Hall–Kier alpha value is -3.86. The summed E-state index contributed by atoms with van der Waals surface area (Å²) in [7, 11) is -4.78. The topological polar surface area (TPSA) is 155 Å². The zero-order valence-corrected chi connectivity index (χ0v) is 47.4. The van der Waals surface area contributed by atoms with E-state index in [1.54, 1.807) is 6.08 Å². The van der Waals surface area contributed by atoms with Crippen LogP contribution in [0.1, 0.15) is 226 Å². The van der Waals surface area contributed by atoms with Gasteiger partial charge in [-0.15, -0.1) is 0 Å². The van der Waals surface area contributed by atoms with Crippen molar-refractivity contribution in [3.8, 4) is 0 Å². The lowest BCUT2D eigenvalue weighted by Crippen LogP contribution is -2.30. The second-order valence-electron chi connectivity index (χ2n) is 18.7. The number of esters is 3. The van der Waals surface area contributed by atoms with Gasteiger partial charge in [0.05, 0.1) is 26.2 Å². The Kier molecular flexibility index (Phi) is 52.5. The van der Waals surface area contributed by atoms with Crippen LogP contribution in [0.25, 0.3) is 0 Å². The van der Waals surface area contributed by atoms with Gasteiger partial charge in [-0.2, -0.15) is 0 Å². The van der Waals surface area contributed by atoms with Crippen LogP contribution < -0.4 is 0 Å². The number of hydrogen-bond acceptors (Lipinski definition) is 10. The first-order chi connectivity index (χ1) is 36.2. The van der Waals surface area contributed by atoms with E-state index < -0.39 is 64.4 Å². The Morgan fingerprint density at radius 3 is 1.18 bits per heavy atom. The van der Waals surface area contributed by atoms with Crippen molar-refractivity contribution in [3.05, 3.63) is 109 Å². The van der Waals surface area contributed by atoms with Gasteiger partial charge in [0.2, 0.25) is 0 Å². The SMILES string of the molecule is CC/C=C\C/C=C\C/C=C\C/C=C\C/C=C\CC(=O)OCC(COP(=O)(O)OCC(CO)OC(=O)CCCCC/C=C\C/C=C\C/C=C\CC)OC(=O)CCCCCCCCCCC/C=C\CCCCCCCC. The Morgan fingerprint density at radius 2 is 0.743 bits per heavy atom. The van der Waals surface area contributed by atoms with E-state index in [9.17, 15) is 28.9 Å². The van der Waals surface area contributed by atoms with Crippen LogP contribution in [0.2, 0.25) is 0 Å². The van der Waals surface area contributed by atoms with Gasteiger partial charge in [-0.05, 0) is 103 Å². The summed E-state index contributed by atoms with van der Waals surface area (Å²) in [6.45, 7) is 4.26. The van der Waals surface area contributed by atoms with Crippen molar-refractivity contribution in [1.29, 1.82) is 0 Å². The Balaban J connectivity index is 4.85. The molecule has 0 aromatic rings. The molecule has 12 heteroatoms. The normalized spacial score (nSPS) is 14.2. The van der Waals surface area contributed by atoms with E-state index in [-0.39, 0.29) is 19.3 Å². The van der Waals surface area contributed by atoms with Gasteiger partial charge in [-0.25, -0.2) is 4.57 Å². The molecule has 0 fully saturated rings. The molecule has 2 N–H and O–H groups in total. The highest BCUT2D eigenvalue weighted by atomic mass is 31.2. The van der Waals surface area contributed by atoms with Crippen LogP contribution in [0.3, 0.4) is 0 Å². The molecule has 11 nitrogen and oxygen atoms in total. The second kappa shape index (κ2) is 55.4. The number of aliphatic hydroxyl groups excluding tert-OH is 1. The van der Waals surface area contributed by atoms with E-state index >= 15 is 0 Å². The van der Waals surface area contributed by atoms with Gasteiger partial charge in [-0.3, -0.25) is 23.4 Å². The molecule has 74 heavy (non-hydrogen) atoms. The summed E-state index contributed by atoms with van der Waals surface area (Å²) in [5.41, 5.74) is 0. The average molecular weight is 1060 g/mol. The van der Waals surface area contributed by atoms with Crippen molar-refractivity contribution in [2.75, 3.05) is 26.4 Å². The molecule has 3 unspecified atom stereocenters. The van der Waals surface area contributed by atoms with Crippen molar-refractivity contribution >= 4 is 25.7 Å². The van der Waals surface area contributed by atoms with Crippen molar-refractivity contribution in [2.24, 2.45) is 0 Å². The molecule has 0 aliphatic carbocycles. The minimum Gasteiger partial charge on any atom is -0.461 e. The number of aliphatic hydroxyl groups is 1. The highest BCUT2D eigenvalue weighted by Crippen LogP contribution is 2.43. The van der Waals surface area contributed by atoms with E-state index in [0.29, 0.717) is 19.3 Å². The minimum atomic E-state index is -4.78. The highest BCUT2D eigenvalue weighted by Gasteiger charge is 2.28. The van der Waals surface area contributed by atoms with Crippen LogP contribution >= 0.6 is 7.82 Å². The minimum absolute atomic E-state index is 0.0121. The fourth-order valence-electron chi connectivity index (χ4n) is 7.38. The molecule has 0 heterocycles. The number of phosphoric acid groups is 1. The van der Waals surface area contributed by atoms with Crippen molar-refractivity contribution in [3.63, 3.8) is 0 Å². The molecule has 0 saturated heterocycles. The molecule has 0 saturated carbocycles. The standard InChI is InChI=1S/C62H103O11P/c1-4-7-10-13-16-19-22-25-27-28-29-30-32-35-38-41-44-47-50-53-62(66)73-59(55-69-60(64)51-48-45-42-39-36-34-31-26-23-20-17-14-11-8-5-2)57-71-74(67,68)70-56-58(54-63)72-61(65)52-49-46-43-40-37-33-24-21-18-15-12-9-6-3/h8-9,11-12,17-18,20-21,25-27,31,33,36-37,39,45,48,58-59,63H,4-7,10,13-16,19,22-24,28-30,32,34-35,38,40-44,46-47,49-57H2,1-3H3,(H,67,68)/b11-8-,12-9-,20-17-,21-18-,27-25-,31-26-,37-33-,39-36-,48-45-. The van der Waals surface area contributed by atoms with E-state index in [1.807, 2.05) is 12.2 Å². The monoisotopic (exact) mass is 1050 g/mol. The van der Waals surface area contributed by atoms with Crippen LogP contribution in [0.5, 0.6) is 0 Å². The van der Waals surface area contributed by atoms with Gasteiger partial charge in [0.25, 0.3) is 0 Å². The van der Waals surface area contributed by atoms with Gasteiger partial charge in [-0.1, -0.05) is 214 Å². The predicted octanol–water partition coefficient (Wildman–Crippen LogP) is 17.0. The van der Waals surface area contributed by atoms with E-state index in [1.165, 1.54) is 83.5 Å². The lowest BCUT2D eigenvalue weighted by atomic mass is 10.1. The first-order valence-corrected chi connectivity index (χ1v) is 30.3. The maximum absolute atomic E-state index is 12.9. The highest BCUT2D eigenvalue weighted by molar-refractivity contribution is 7.47. The lowest BCUT2D eigenvalue weighted by molar-refractivity contribution is -0.161. The molecule has 0 spiro atoms. The molecule has 0 aromatic heterocycles. The third kappa shape index (κ3) is 53.0. The van der Waals surface area contributed by atoms with E-state index in [0.717, 1.165) is 83.5 Å². The van der Waals surface area contributed by atoms with Gasteiger partial charge >= 0.3 is 25.7 Å². The number of allylic oxidation sites excluding steroid dienone is 17. The predicted molar refractivity (Wildman–Crippen MR) is 307 cm³/mol. The van der Waals surface area contributed by atoms with Crippen LogP contribution in [0.15, 0.2) is 109 Å². The van der Waals surface area contributed by atoms with E-state index in [4.69, 9.17) is 23.3 Å². The van der Waals surface area contributed by atoms with Gasteiger partial charge in [0.15, 0.2) is 6.10 Å². The summed E-state index contributed by atoms with van der Waals surface area (Å²) in [4.78, 5) is 48.4. The zero-order chi connectivity index (χ0) is 54.1. The third-order valence-corrected chi connectivity index (χ3v) is 12.6. The van der Waals surface area contributed by atoms with Crippen LogP contribution in [0, 0.1) is 0 Å². The summed E-state index contributed by atoms with van der Waals surface area (Å²) in [6.07, 6.45) is 66.6. The number of unbranched alkanes of at least 4 members (excludes halogenated alkanes) is 18. The first kappa shape index (κ1) is 70.1. The molecule has 0 rings (SSSR count). The van der Waals surface area contributed by atoms with Crippen molar-refractivity contribution in [1.82, 2.24) is 0 Å². The molecule has 0 radical (unpaired) electrons. The third-order valence-electron chi connectivity index (χ3n) is 11.7. The van der Waals surface area contributed by atoms with Gasteiger partial charge < -0.3 is 24.2 Å². The molecule has 0 amide bonds. The molecular weight excluding hydrogens is 952 g/mol. The maximum Gasteiger partial charge on any atom is 0.472 e. The maximum atomic E-state index is 12.9. The van der Waals surface area contributed by atoms with E-state index in [2.05, 4.69) is 112 Å². The molecule has 3 atom stereocenters. The number of ether oxygens (including phenoxy) is 3. The lowest BCUT2D eigenvalue weighted by Gasteiger charge is -2.21. The Bertz CT molecular complexity index is 1660. The molecule has 0 aliphatic rings. The summed E-state index contributed by atoms with van der Waals surface area (Å²) in [5.74, 6) is -1.66. The quantitative estimate of drug-likeness (QED) is 0.0197. The second-order valence-corrected chi connectivity index (χ2v) is 20.2.